The highest BCUT2D eigenvalue weighted by Gasteiger charge is 2.50. The third kappa shape index (κ3) is 4.86. The van der Waals surface area contributed by atoms with Crippen molar-refractivity contribution >= 4 is 36.5 Å². The molecule has 2 fully saturated rings. The molecule has 1 amide bonds. The molecule has 142 valence electrons. The van der Waals surface area contributed by atoms with Crippen LogP contribution in [0, 0.1) is 11.8 Å². The Bertz CT molecular complexity index is 555. The van der Waals surface area contributed by atoms with E-state index in [4.69, 9.17) is 0 Å². The Balaban J connectivity index is 0.00000156. The van der Waals surface area contributed by atoms with Gasteiger partial charge in [-0.25, -0.2) is 0 Å². The first kappa shape index (κ1) is 21.7. The fourth-order valence-electron chi connectivity index (χ4n) is 3.13. The van der Waals surface area contributed by atoms with Crippen molar-refractivity contribution in [3.8, 4) is 0 Å². The van der Waals surface area contributed by atoms with Gasteiger partial charge in [0, 0.05) is 45.5 Å². The van der Waals surface area contributed by atoms with E-state index in [2.05, 4.69) is 15.5 Å². The number of piperazine rings is 1. The van der Waals surface area contributed by atoms with E-state index in [-0.39, 0.29) is 37.9 Å². The minimum absolute atomic E-state index is 0. The van der Waals surface area contributed by atoms with E-state index in [0.717, 1.165) is 5.82 Å². The average molecular weight is 402 g/mol. The SMILES string of the molecule is Cl.Cl.O=C([C@@H]1CNC[C@H]1C(F)(F)F)N1CCN(c2cccnn2)CC1. The van der Waals surface area contributed by atoms with Gasteiger partial charge < -0.3 is 15.1 Å². The first-order valence-corrected chi connectivity index (χ1v) is 7.55. The van der Waals surface area contributed by atoms with Crippen molar-refractivity contribution in [2.45, 2.75) is 6.18 Å². The summed E-state index contributed by atoms with van der Waals surface area (Å²) >= 11 is 0. The summed E-state index contributed by atoms with van der Waals surface area (Å²) < 4.78 is 39.0. The molecule has 11 heteroatoms. The van der Waals surface area contributed by atoms with Crippen molar-refractivity contribution in [2.75, 3.05) is 44.2 Å². The van der Waals surface area contributed by atoms with Gasteiger partial charge in [-0.2, -0.15) is 18.3 Å². The highest BCUT2D eigenvalue weighted by Crippen LogP contribution is 2.35. The number of carbonyl (C=O) groups excluding carboxylic acids is 1. The van der Waals surface area contributed by atoms with Gasteiger partial charge in [-0.15, -0.1) is 29.9 Å². The van der Waals surface area contributed by atoms with Crippen LogP contribution in [0.2, 0.25) is 0 Å². The number of halogens is 5. The van der Waals surface area contributed by atoms with E-state index < -0.39 is 23.9 Å². The first-order chi connectivity index (χ1) is 11.0. The Morgan fingerprint density at radius 1 is 1.16 bits per heavy atom. The molecule has 6 nitrogen and oxygen atoms in total. The van der Waals surface area contributed by atoms with Gasteiger partial charge in [0.05, 0.1) is 11.8 Å². The molecule has 0 bridgehead atoms. The summed E-state index contributed by atoms with van der Waals surface area (Å²) in [5.41, 5.74) is 0. The van der Waals surface area contributed by atoms with Gasteiger partial charge in [0.25, 0.3) is 0 Å². The Kier molecular flexibility index (Phi) is 7.70. The third-order valence-electron chi connectivity index (χ3n) is 4.43. The number of hydrogen-bond donors (Lipinski definition) is 1. The fourth-order valence-corrected chi connectivity index (χ4v) is 3.13. The van der Waals surface area contributed by atoms with Crippen molar-refractivity contribution in [2.24, 2.45) is 11.8 Å². The third-order valence-corrected chi connectivity index (χ3v) is 4.43. The van der Waals surface area contributed by atoms with Gasteiger partial charge in [-0.1, -0.05) is 0 Å². The van der Waals surface area contributed by atoms with Crippen LogP contribution in [0.3, 0.4) is 0 Å². The maximum absolute atomic E-state index is 13.0. The molecule has 0 saturated carbocycles. The van der Waals surface area contributed by atoms with Crippen LogP contribution in [0.15, 0.2) is 18.3 Å². The van der Waals surface area contributed by atoms with E-state index in [1.165, 1.54) is 4.90 Å². The topological polar surface area (TPSA) is 61.4 Å². The van der Waals surface area contributed by atoms with E-state index in [0.29, 0.717) is 26.2 Å². The van der Waals surface area contributed by atoms with Gasteiger partial charge >= 0.3 is 6.18 Å². The Hall–Kier alpha value is -1.32. The molecule has 1 N–H and O–H groups in total. The summed E-state index contributed by atoms with van der Waals surface area (Å²) in [5.74, 6) is -2.29. The summed E-state index contributed by atoms with van der Waals surface area (Å²) in [7, 11) is 0. The van der Waals surface area contributed by atoms with Crippen molar-refractivity contribution < 1.29 is 18.0 Å². The number of alkyl halides is 3. The van der Waals surface area contributed by atoms with Crippen LogP contribution < -0.4 is 10.2 Å². The molecule has 1 aromatic heterocycles. The molecule has 0 radical (unpaired) electrons. The highest BCUT2D eigenvalue weighted by atomic mass is 35.5. The minimum atomic E-state index is -4.34. The van der Waals surface area contributed by atoms with Crippen LogP contribution in [0.1, 0.15) is 0 Å². The molecule has 1 aromatic rings. The summed E-state index contributed by atoms with van der Waals surface area (Å²) in [4.78, 5) is 15.9. The molecule has 0 aromatic carbocycles. The van der Waals surface area contributed by atoms with Crippen molar-refractivity contribution in [3.05, 3.63) is 18.3 Å². The molecular weight excluding hydrogens is 382 g/mol. The largest absolute Gasteiger partial charge is 0.393 e. The average Bonchev–Trinajstić information content (AvgIpc) is 3.05. The number of anilines is 1. The summed E-state index contributed by atoms with van der Waals surface area (Å²) in [6.45, 7) is 1.79. The van der Waals surface area contributed by atoms with Gasteiger partial charge in [0.2, 0.25) is 5.91 Å². The lowest BCUT2D eigenvalue weighted by Crippen LogP contribution is -2.52. The minimum Gasteiger partial charge on any atom is -0.352 e. The number of aromatic nitrogens is 2. The molecule has 0 spiro atoms. The molecule has 3 heterocycles. The van der Waals surface area contributed by atoms with Gasteiger partial charge in [0.15, 0.2) is 5.82 Å². The van der Waals surface area contributed by atoms with Crippen molar-refractivity contribution in [1.29, 1.82) is 0 Å². The molecular formula is C14H20Cl2F3N5O. The van der Waals surface area contributed by atoms with Crippen LogP contribution in [-0.2, 0) is 4.79 Å². The lowest BCUT2D eigenvalue weighted by atomic mass is 9.93. The Labute approximate surface area is 156 Å². The molecule has 2 saturated heterocycles. The lowest BCUT2D eigenvalue weighted by Gasteiger charge is -2.37. The van der Waals surface area contributed by atoms with Gasteiger partial charge in [0.1, 0.15) is 0 Å². The number of hydrogen-bond acceptors (Lipinski definition) is 5. The maximum Gasteiger partial charge on any atom is 0.393 e. The second-order valence-corrected chi connectivity index (χ2v) is 5.81. The number of amides is 1. The number of rotatable bonds is 2. The lowest BCUT2D eigenvalue weighted by molar-refractivity contribution is -0.185. The van der Waals surface area contributed by atoms with Gasteiger partial charge in [-0.3, -0.25) is 4.79 Å². The molecule has 2 aliphatic heterocycles. The summed E-state index contributed by atoms with van der Waals surface area (Å²) in [6.07, 6.45) is -2.76. The zero-order valence-corrected chi connectivity index (χ0v) is 14.9. The standard InChI is InChI=1S/C14H18F3N5O.2ClH/c15-14(16,17)11-9-18-8-10(11)13(23)22-6-4-21(5-7-22)12-2-1-3-19-20-12;;/h1-3,10-11,18H,4-9H2;2*1H/t10-,11-;;/m1../s1. The highest BCUT2D eigenvalue weighted by molar-refractivity contribution is 5.85. The zero-order valence-electron chi connectivity index (χ0n) is 13.3. The van der Waals surface area contributed by atoms with E-state index in [1.54, 1.807) is 12.3 Å². The second kappa shape index (κ2) is 8.86. The molecule has 2 aliphatic rings. The molecule has 25 heavy (non-hydrogen) atoms. The van der Waals surface area contributed by atoms with Crippen molar-refractivity contribution in [3.63, 3.8) is 0 Å². The molecule has 2 atom stereocenters. The zero-order chi connectivity index (χ0) is 16.4. The predicted octanol–water partition coefficient (Wildman–Crippen LogP) is 1.37. The number of nitrogens with zero attached hydrogens (tertiary/aromatic N) is 4. The number of carbonyl (C=O) groups is 1. The van der Waals surface area contributed by atoms with Crippen molar-refractivity contribution in [1.82, 2.24) is 20.4 Å². The molecule has 3 rings (SSSR count). The first-order valence-electron chi connectivity index (χ1n) is 7.55. The molecule has 0 aliphatic carbocycles. The van der Waals surface area contributed by atoms with Crippen LogP contribution in [0.5, 0.6) is 0 Å². The number of nitrogens with one attached hydrogen (secondary N) is 1. The predicted molar refractivity (Wildman–Crippen MR) is 91.2 cm³/mol. The Morgan fingerprint density at radius 3 is 2.40 bits per heavy atom. The summed E-state index contributed by atoms with van der Waals surface area (Å²) in [5, 5.41) is 10.5. The molecule has 0 unspecified atom stereocenters. The normalized spacial score (nSPS) is 23.6. The van der Waals surface area contributed by atoms with Crippen LogP contribution in [-0.4, -0.2) is 66.4 Å². The monoisotopic (exact) mass is 401 g/mol. The van der Waals surface area contributed by atoms with E-state index in [9.17, 15) is 18.0 Å². The summed E-state index contributed by atoms with van der Waals surface area (Å²) in [6, 6.07) is 3.60. The van der Waals surface area contributed by atoms with Crippen LogP contribution >= 0.6 is 24.8 Å². The quantitative estimate of drug-likeness (QED) is 0.810. The second-order valence-electron chi connectivity index (χ2n) is 5.81. The maximum atomic E-state index is 13.0. The van der Waals surface area contributed by atoms with E-state index >= 15 is 0 Å². The Morgan fingerprint density at radius 2 is 1.84 bits per heavy atom. The smallest absolute Gasteiger partial charge is 0.352 e. The van der Waals surface area contributed by atoms with Crippen LogP contribution in [0.4, 0.5) is 19.0 Å². The van der Waals surface area contributed by atoms with E-state index in [1.807, 2.05) is 11.0 Å². The fraction of sp³-hybridized carbons (Fsp3) is 0.643. The van der Waals surface area contributed by atoms with Gasteiger partial charge in [-0.05, 0) is 12.1 Å². The van der Waals surface area contributed by atoms with Crippen LogP contribution in [0.25, 0.3) is 0 Å².